The number of esters is 1. The van der Waals surface area contributed by atoms with E-state index in [4.69, 9.17) is 34.7 Å². The van der Waals surface area contributed by atoms with Gasteiger partial charge < -0.3 is 50.4 Å². The first-order chi connectivity index (χ1) is 27.9. The van der Waals surface area contributed by atoms with E-state index in [2.05, 4.69) is 36.0 Å². The Hall–Kier alpha value is -4.56. The van der Waals surface area contributed by atoms with E-state index in [1.165, 1.54) is 46.4 Å². The van der Waals surface area contributed by atoms with E-state index in [9.17, 15) is 43.3 Å². The second kappa shape index (κ2) is 18.4. The number of ether oxygens (including phenoxy) is 3. The number of carbonyl (C=O) groups excluding carboxylic acids is 2. The lowest BCUT2D eigenvalue weighted by atomic mass is 10.1. The summed E-state index contributed by atoms with van der Waals surface area (Å²) >= 11 is 1.27. The number of nitrogen functional groups attached to an aromatic ring is 2. The van der Waals surface area contributed by atoms with Crippen molar-refractivity contribution in [1.82, 2.24) is 39.0 Å². The predicted molar refractivity (Wildman–Crippen MR) is 201 cm³/mol. The summed E-state index contributed by atoms with van der Waals surface area (Å²) in [5, 5.41) is 13.4. The zero-order valence-corrected chi connectivity index (χ0v) is 33.5. The van der Waals surface area contributed by atoms with Crippen LogP contribution >= 0.6 is 27.0 Å². The molecule has 2 aliphatic heterocycles. The predicted octanol–water partition coefficient (Wildman–Crippen LogP) is -0.191. The molecule has 0 saturated carbocycles. The van der Waals surface area contributed by atoms with Crippen molar-refractivity contribution in [3.05, 3.63) is 64.6 Å². The van der Waals surface area contributed by atoms with Crippen LogP contribution in [0.25, 0.3) is 11.2 Å². The third-order valence-electron chi connectivity index (χ3n) is 9.22. The fourth-order valence-electron chi connectivity index (χ4n) is 6.31. The van der Waals surface area contributed by atoms with Gasteiger partial charge in [0.15, 0.2) is 23.8 Å². The van der Waals surface area contributed by atoms with Crippen LogP contribution in [0.15, 0.2) is 53.3 Å². The lowest BCUT2D eigenvalue weighted by molar-refractivity contribution is -0.165. The first-order valence-corrected chi connectivity index (χ1v) is 21.5. The number of rotatable bonds is 18. The molecule has 0 bridgehead atoms. The van der Waals surface area contributed by atoms with Gasteiger partial charge in [0.1, 0.15) is 54.3 Å². The number of hydrogen-bond acceptors (Lipinski definition) is 20. The van der Waals surface area contributed by atoms with Gasteiger partial charge in [-0.1, -0.05) is 6.08 Å². The third-order valence-corrected chi connectivity index (χ3v) is 11.4. The van der Waals surface area contributed by atoms with Crippen LogP contribution in [0.2, 0.25) is 0 Å². The van der Waals surface area contributed by atoms with Gasteiger partial charge in [-0.2, -0.15) is 4.98 Å². The largest absolute Gasteiger partial charge is 0.472 e. The van der Waals surface area contributed by atoms with E-state index >= 15 is 0 Å². The highest BCUT2D eigenvalue weighted by atomic mass is 32.1. The number of nitrogens with zero attached hydrogens (tertiary/aromatic N) is 8. The first-order valence-electron chi connectivity index (χ1n) is 17.5. The second-order valence-electron chi connectivity index (χ2n) is 13.2. The summed E-state index contributed by atoms with van der Waals surface area (Å²) in [5.41, 5.74) is 12.9. The molecule has 0 radical (unpaired) electrons. The van der Waals surface area contributed by atoms with E-state index in [0.29, 0.717) is 12.1 Å². The SMILES string of the molecule is C=CCCC(=O)N(C)[C@H](Cc1cscn1)C(=O)O[C@H]1[C@@H](O)[C@H](n2cnc3c(N)ncnc32)O[C@H]1COP(=O)(O)O[C@H]1CC(n2ccc(N)nc2=O)O[C@@H]1COP(=O)(O)O. The van der Waals surface area contributed by atoms with Crippen LogP contribution in [-0.2, 0) is 52.9 Å². The zero-order valence-electron chi connectivity index (χ0n) is 30.9. The zero-order chi connectivity index (χ0) is 42.6. The number of aromatic nitrogens is 7. The first kappa shape index (κ1) is 44.0. The van der Waals surface area contributed by atoms with Crippen molar-refractivity contribution in [2.75, 3.05) is 31.7 Å². The molecule has 25 nitrogen and oxygen atoms in total. The quantitative estimate of drug-likeness (QED) is 0.0428. The summed E-state index contributed by atoms with van der Waals surface area (Å²) in [4.78, 5) is 90.4. The maximum absolute atomic E-state index is 14.0. The van der Waals surface area contributed by atoms with Gasteiger partial charge in [-0.05, 0) is 12.5 Å². The average Bonchev–Trinajstić information content (AvgIpc) is 3.98. The Balaban J connectivity index is 1.24. The maximum Gasteiger partial charge on any atom is 0.472 e. The minimum atomic E-state index is -5.22. The molecule has 4 aromatic rings. The number of phosphoric acid groups is 2. The molecule has 2 saturated heterocycles. The van der Waals surface area contributed by atoms with Crippen molar-refractivity contribution in [1.29, 1.82) is 0 Å². The molecule has 1 amide bonds. The van der Waals surface area contributed by atoms with Gasteiger partial charge in [0.25, 0.3) is 0 Å². The average molecular weight is 887 g/mol. The molecule has 6 heterocycles. The van der Waals surface area contributed by atoms with Crippen molar-refractivity contribution in [3.8, 4) is 0 Å². The maximum atomic E-state index is 14.0. The van der Waals surface area contributed by atoms with Gasteiger partial charge in [0, 0.05) is 37.9 Å². The van der Waals surface area contributed by atoms with Gasteiger partial charge >= 0.3 is 27.3 Å². The highest BCUT2D eigenvalue weighted by Gasteiger charge is 2.50. The second-order valence-corrected chi connectivity index (χ2v) is 16.5. The number of hydrogen-bond donors (Lipinski definition) is 6. The molecule has 320 valence electrons. The molecule has 4 aromatic heterocycles. The molecule has 2 unspecified atom stereocenters. The molecule has 59 heavy (non-hydrogen) atoms. The fourth-order valence-corrected chi connectivity index (χ4v) is 8.18. The minimum absolute atomic E-state index is 0.0108. The molecule has 2 aliphatic rings. The van der Waals surface area contributed by atoms with Gasteiger partial charge in [0.2, 0.25) is 5.91 Å². The summed E-state index contributed by atoms with van der Waals surface area (Å²) in [6, 6.07) is 0.0313. The van der Waals surface area contributed by atoms with E-state index in [-0.39, 0.29) is 42.1 Å². The summed E-state index contributed by atoms with van der Waals surface area (Å²) in [6.07, 6.45) is -5.28. The van der Waals surface area contributed by atoms with Crippen LogP contribution < -0.4 is 17.2 Å². The smallest absolute Gasteiger partial charge is 0.455 e. The Bertz CT molecular complexity index is 2290. The lowest BCUT2D eigenvalue weighted by Crippen LogP contribution is -2.48. The van der Waals surface area contributed by atoms with Crippen molar-refractivity contribution in [3.63, 3.8) is 0 Å². The number of amides is 1. The Kier molecular flexibility index (Phi) is 13.7. The topological polar surface area (TPSA) is 351 Å². The summed E-state index contributed by atoms with van der Waals surface area (Å²) in [7, 11) is -8.88. The Morgan fingerprint density at radius 3 is 2.58 bits per heavy atom. The minimum Gasteiger partial charge on any atom is -0.455 e. The molecular formula is C31H40N10O15P2S. The van der Waals surface area contributed by atoms with Gasteiger partial charge in [-0.3, -0.25) is 27.5 Å². The number of nitrogens with two attached hydrogens (primary N) is 2. The van der Waals surface area contributed by atoms with E-state index in [0.717, 1.165) is 10.9 Å². The van der Waals surface area contributed by atoms with Crippen LogP contribution in [0.5, 0.6) is 0 Å². The fraction of sp³-hybridized carbons (Fsp3) is 0.484. The summed E-state index contributed by atoms with van der Waals surface area (Å²) in [5.74, 6) is -1.49. The number of fused-ring (bicyclic) bond motifs is 1. The monoisotopic (exact) mass is 886 g/mol. The van der Waals surface area contributed by atoms with Crippen LogP contribution in [0.1, 0.15) is 37.4 Å². The summed E-state index contributed by atoms with van der Waals surface area (Å²) < 4.78 is 60.2. The van der Waals surface area contributed by atoms with Crippen LogP contribution in [0.3, 0.4) is 0 Å². The van der Waals surface area contributed by atoms with Crippen LogP contribution in [0.4, 0.5) is 11.6 Å². The molecule has 2 fully saturated rings. The molecule has 8 N–H and O–H groups in total. The number of imidazole rings is 1. The van der Waals surface area contributed by atoms with Gasteiger partial charge in [0.05, 0.1) is 30.7 Å². The van der Waals surface area contributed by atoms with E-state index in [1.807, 2.05) is 0 Å². The van der Waals surface area contributed by atoms with Crippen molar-refractivity contribution in [2.24, 2.45) is 0 Å². The number of thiazole rings is 1. The summed E-state index contributed by atoms with van der Waals surface area (Å²) in [6.45, 7) is 1.90. The molecule has 0 aliphatic carbocycles. The number of anilines is 2. The van der Waals surface area contributed by atoms with Crippen LogP contribution in [0, 0.1) is 0 Å². The molecule has 28 heteroatoms. The molecule has 0 aromatic carbocycles. The molecule has 6 rings (SSSR count). The van der Waals surface area contributed by atoms with E-state index < -0.39 is 95.4 Å². The van der Waals surface area contributed by atoms with Crippen molar-refractivity contribution in [2.45, 2.75) is 74.7 Å². The van der Waals surface area contributed by atoms with E-state index in [1.54, 1.807) is 17.0 Å². The Morgan fingerprint density at radius 2 is 1.88 bits per heavy atom. The van der Waals surface area contributed by atoms with Crippen LogP contribution in [-0.4, -0.2) is 127 Å². The molecule has 9 atom stereocenters. The van der Waals surface area contributed by atoms with Gasteiger partial charge in [-0.25, -0.2) is 38.7 Å². The Labute approximate surface area is 337 Å². The van der Waals surface area contributed by atoms with Crippen molar-refractivity contribution >= 4 is 61.7 Å². The normalized spacial score (nSPS) is 24.8. The lowest BCUT2D eigenvalue weighted by Gasteiger charge is -2.29. The third kappa shape index (κ3) is 10.6. The molecule has 0 spiro atoms. The number of aliphatic hydroxyl groups is 1. The van der Waals surface area contributed by atoms with Gasteiger partial charge in [-0.15, -0.1) is 17.9 Å². The number of allylic oxidation sites excluding steroid dienone is 1. The Morgan fingerprint density at radius 1 is 1.12 bits per heavy atom. The highest BCUT2D eigenvalue weighted by Crippen LogP contribution is 2.50. The highest BCUT2D eigenvalue weighted by molar-refractivity contribution is 7.47. The number of phosphoric ester groups is 2. The number of carbonyl (C=O) groups is 2. The molecular weight excluding hydrogens is 846 g/mol. The standard InChI is InChI=1S/C31H40N10O15P2S/c1-3-4-5-22(42)39(2)17(8-16-12-59-15-37-16)30(44)55-26-20(54-29(25(26)43)41-14-36-24-27(33)34-13-35-28(24)41)11-52-58(49,50)56-18-9-23(40-7-6-21(32)38-31(40)45)53-19(18)10-51-57(46,47)48/h3,6-7,12-15,17-20,23,25-26,29,43H,1,4-5,8-11H2,2H3,(H,49,50)(H2,32,38,45)(H2,33,34,35)(H2,46,47,48)/t17-,18+,19-,20+,23?,25-,26-,29-/m1/s1. The van der Waals surface area contributed by atoms with Crippen molar-refractivity contribution < 1.29 is 66.3 Å². The number of aliphatic hydroxyl groups excluding tert-OH is 1. The number of likely N-dealkylation sites (N-methyl/N-ethyl adjacent to an activating group) is 1.